The molecule has 2 amide bonds. The number of ether oxygens (including phenoxy) is 1. The van der Waals surface area contributed by atoms with Crippen LogP contribution in [0.5, 0.6) is 0 Å². The molecule has 3 N–H and O–H groups in total. The van der Waals surface area contributed by atoms with Crippen molar-refractivity contribution in [2.45, 2.75) is 26.0 Å². The van der Waals surface area contributed by atoms with Gasteiger partial charge in [-0.05, 0) is 31.0 Å². The van der Waals surface area contributed by atoms with Gasteiger partial charge >= 0.3 is 6.03 Å². The zero-order valence-corrected chi connectivity index (χ0v) is 12.2. The molecule has 0 heterocycles. The van der Waals surface area contributed by atoms with Crippen molar-refractivity contribution in [1.29, 1.82) is 0 Å². The first-order chi connectivity index (χ1) is 10.2. The van der Waals surface area contributed by atoms with E-state index in [1.807, 2.05) is 43.3 Å². The van der Waals surface area contributed by atoms with E-state index in [1.165, 1.54) is 0 Å². The van der Waals surface area contributed by atoms with E-state index >= 15 is 0 Å². The van der Waals surface area contributed by atoms with Crippen LogP contribution in [0.4, 0.5) is 10.5 Å². The van der Waals surface area contributed by atoms with Crippen LogP contribution in [0.2, 0.25) is 0 Å². The lowest BCUT2D eigenvalue weighted by molar-refractivity contribution is 0.134. The lowest BCUT2D eigenvalue weighted by Gasteiger charge is -2.13. The normalized spacial score (nSPS) is 20.5. The van der Waals surface area contributed by atoms with Gasteiger partial charge in [-0.2, -0.15) is 0 Å². The quantitative estimate of drug-likeness (QED) is 0.704. The van der Waals surface area contributed by atoms with Crippen molar-refractivity contribution in [3.05, 3.63) is 42.0 Å². The first-order valence-electron chi connectivity index (χ1n) is 7.24. The van der Waals surface area contributed by atoms with E-state index < -0.39 is 0 Å². The number of hydrogen-bond acceptors (Lipinski definition) is 3. The second kappa shape index (κ2) is 7.81. The van der Waals surface area contributed by atoms with E-state index in [4.69, 9.17) is 9.84 Å². The summed E-state index contributed by atoms with van der Waals surface area (Å²) in [6.07, 6.45) is 4.61. The van der Waals surface area contributed by atoms with Crippen molar-refractivity contribution in [3.63, 3.8) is 0 Å². The molecule has 2 atom stereocenters. The van der Waals surface area contributed by atoms with Crippen LogP contribution in [0.15, 0.2) is 36.4 Å². The summed E-state index contributed by atoms with van der Waals surface area (Å²) in [5.41, 5.74) is 1.82. The second-order valence-electron chi connectivity index (χ2n) is 5.10. The van der Waals surface area contributed by atoms with Gasteiger partial charge in [0.15, 0.2) is 0 Å². The van der Waals surface area contributed by atoms with Crippen molar-refractivity contribution < 1.29 is 14.6 Å². The SMILES string of the molecule is CCOCc1ccc(NC(=O)N[C@@H]2C=C[C@H](CO)C2)cc1. The molecule has 0 spiro atoms. The first-order valence-corrected chi connectivity index (χ1v) is 7.24. The van der Waals surface area contributed by atoms with Crippen LogP contribution in [0.1, 0.15) is 18.9 Å². The molecule has 0 unspecified atom stereocenters. The maximum Gasteiger partial charge on any atom is 0.319 e. The Balaban J connectivity index is 1.79. The summed E-state index contributed by atoms with van der Waals surface area (Å²) < 4.78 is 5.32. The van der Waals surface area contributed by atoms with Gasteiger partial charge in [-0.3, -0.25) is 0 Å². The summed E-state index contributed by atoms with van der Waals surface area (Å²) in [7, 11) is 0. The highest BCUT2D eigenvalue weighted by atomic mass is 16.5. The number of nitrogens with one attached hydrogen (secondary N) is 2. The molecule has 0 saturated carbocycles. The Hall–Kier alpha value is -1.85. The average molecular weight is 290 g/mol. The number of anilines is 1. The minimum absolute atomic E-state index is 0.0145. The third kappa shape index (κ3) is 4.88. The highest BCUT2D eigenvalue weighted by Gasteiger charge is 2.19. The third-order valence-electron chi connectivity index (χ3n) is 3.41. The summed E-state index contributed by atoms with van der Waals surface area (Å²) in [6, 6.07) is 7.33. The van der Waals surface area contributed by atoms with Gasteiger partial charge in [0.2, 0.25) is 0 Å². The summed E-state index contributed by atoms with van der Waals surface area (Å²) in [4.78, 5) is 11.9. The molecule has 1 aromatic carbocycles. The fourth-order valence-electron chi connectivity index (χ4n) is 2.26. The van der Waals surface area contributed by atoms with Crippen LogP contribution in [0, 0.1) is 5.92 Å². The van der Waals surface area contributed by atoms with E-state index in [0.29, 0.717) is 13.2 Å². The van der Waals surface area contributed by atoms with E-state index in [0.717, 1.165) is 17.7 Å². The number of aliphatic hydroxyl groups excluding tert-OH is 1. The summed E-state index contributed by atoms with van der Waals surface area (Å²) >= 11 is 0. The third-order valence-corrected chi connectivity index (χ3v) is 3.41. The smallest absolute Gasteiger partial charge is 0.319 e. The molecule has 1 aliphatic carbocycles. The van der Waals surface area contributed by atoms with Crippen molar-refractivity contribution in [2.75, 3.05) is 18.5 Å². The zero-order valence-electron chi connectivity index (χ0n) is 12.2. The van der Waals surface area contributed by atoms with Gasteiger partial charge in [-0.15, -0.1) is 0 Å². The van der Waals surface area contributed by atoms with Crippen molar-refractivity contribution in [2.24, 2.45) is 5.92 Å². The standard InChI is InChI=1S/C16H22N2O3/c1-2-21-11-12-3-6-14(7-4-12)17-16(20)18-15-8-5-13(9-15)10-19/h3-8,13,15,19H,2,9-11H2,1H3,(H2,17,18,20)/t13-,15+/m0/s1. The maximum absolute atomic E-state index is 11.9. The van der Waals surface area contributed by atoms with Gasteiger partial charge in [-0.25, -0.2) is 4.79 Å². The number of benzene rings is 1. The average Bonchev–Trinajstić information content (AvgIpc) is 2.94. The van der Waals surface area contributed by atoms with Gasteiger partial charge in [-0.1, -0.05) is 24.3 Å². The monoisotopic (exact) mass is 290 g/mol. The molecule has 1 aliphatic rings. The lowest BCUT2D eigenvalue weighted by Crippen LogP contribution is -2.36. The number of aliphatic hydroxyl groups is 1. The van der Waals surface area contributed by atoms with Crippen molar-refractivity contribution in [3.8, 4) is 0 Å². The molecule has 0 fully saturated rings. The predicted octanol–water partition coefficient (Wildman–Crippen LogP) is 2.28. The second-order valence-corrected chi connectivity index (χ2v) is 5.10. The Morgan fingerprint density at radius 2 is 2.10 bits per heavy atom. The predicted molar refractivity (Wildman–Crippen MR) is 82.0 cm³/mol. The molecule has 0 saturated heterocycles. The molecule has 1 aromatic rings. The largest absolute Gasteiger partial charge is 0.396 e. The van der Waals surface area contributed by atoms with E-state index in [9.17, 15) is 4.79 Å². The van der Waals surface area contributed by atoms with Gasteiger partial charge in [0.25, 0.3) is 0 Å². The molecule has 0 aromatic heterocycles. The van der Waals surface area contributed by atoms with E-state index in [2.05, 4.69) is 10.6 Å². The van der Waals surface area contributed by atoms with Crippen LogP contribution in [-0.2, 0) is 11.3 Å². The number of rotatable bonds is 6. The molecular formula is C16H22N2O3. The fourth-order valence-corrected chi connectivity index (χ4v) is 2.26. The van der Waals surface area contributed by atoms with Crippen LogP contribution in [-0.4, -0.2) is 30.4 Å². The van der Waals surface area contributed by atoms with E-state index in [-0.39, 0.29) is 24.6 Å². The van der Waals surface area contributed by atoms with Crippen LogP contribution in [0.25, 0.3) is 0 Å². The van der Waals surface area contributed by atoms with Gasteiger partial charge in [0.05, 0.1) is 6.61 Å². The molecule has 0 bridgehead atoms. The fraction of sp³-hybridized carbons (Fsp3) is 0.438. The van der Waals surface area contributed by atoms with Crippen molar-refractivity contribution in [1.82, 2.24) is 5.32 Å². The molecular weight excluding hydrogens is 268 g/mol. The molecule has 21 heavy (non-hydrogen) atoms. The zero-order chi connectivity index (χ0) is 15.1. The summed E-state index contributed by atoms with van der Waals surface area (Å²) in [6.45, 7) is 3.35. The summed E-state index contributed by atoms with van der Waals surface area (Å²) in [5, 5.41) is 14.7. The molecule has 0 radical (unpaired) electrons. The van der Waals surface area contributed by atoms with Gasteiger partial charge < -0.3 is 20.5 Å². The number of urea groups is 1. The Morgan fingerprint density at radius 1 is 1.33 bits per heavy atom. The highest BCUT2D eigenvalue weighted by molar-refractivity contribution is 5.89. The number of carbonyl (C=O) groups excluding carboxylic acids is 1. The Kier molecular flexibility index (Phi) is 5.78. The van der Waals surface area contributed by atoms with Gasteiger partial charge in [0.1, 0.15) is 0 Å². The molecule has 5 heteroatoms. The topological polar surface area (TPSA) is 70.6 Å². The first kappa shape index (κ1) is 15.5. The maximum atomic E-state index is 11.9. The highest BCUT2D eigenvalue weighted by Crippen LogP contribution is 2.17. The number of hydrogen-bond donors (Lipinski definition) is 3. The Bertz CT molecular complexity index is 485. The molecule has 0 aliphatic heterocycles. The number of amides is 2. The van der Waals surface area contributed by atoms with Crippen LogP contribution < -0.4 is 10.6 Å². The molecule has 2 rings (SSSR count). The van der Waals surface area contributed by atoms with Crippen LogP contribution >= 0.6 is 0 Å². The van der Waals surface area contributed by atoms with Crippen molar-refractivity contribution >= 4 is 11.7 Å². The van der Waals surface area contributed by atoms with E-state index in [1.54, 1.807) is 0 Å². The Morgan fingerprint density at radius 3 is 2.71 bits per heavy atom. The minimum atomic E-state index is -0.235. The van der Waals surface area contributed by atoms with Gasteiger partial charge in [0, 0.05) is 30.9 Å². The van der Waals surface area contributed by atoms with Crippen LogP contribution in [0.3, 0.4) is 0 Å². The number of carbonyl (C=O) groups is 1. The lowest BCUT2D eigenvalue weighted by atomic mass is 10.1. The summed E-state index contributed by atoms with van der Waals surface area (Å²) in [5.74, 6) is 0.146. The minimum Gasteiger partial charge on any atom is -0.396 e. The molecule has 114 valence electrons. The molecule has 5 nitrogen and oxygen atoms in total. The Labute approximate surface area is 125 Å².